The molecule has 2 atom stereocenters. The lowest BCUT2D eigenvalue weighted by molar-refractivity contribution is -0.123. The molecule has 1 N–H and O–H groups in total. The van der Waals surface area contributed by atoms with Crippen molar-refractivity contribution >= 4 is 5.91 Å². The van der Waals surface area contributed by atoms with E-state index < -0.39 is 0 Å². The lowest BCUT2D eigenvalue weighted by atomic mass is 9.80. The Hall–Kier alpha value is -1.71. The molecule has 0 saturated heterocycles. The fourth-order valence-electron chi connectivity index (χ4n) is 2.43. The van der Waals surface area contributed by atoms with Crippen LogP contribution in [-0.2, 0) is 4.79 Å². The zero-order valence-corrected chi connectivity index (χ0v) is 15.7. The molecule has 1 aromatic carbocycles. The molecule has 0 aliphatic carbocycles. The maximum absolute atomic E-state index is 12.3. The standard InChI is InChI=1S/C19H31NO3/c1-12-9-16(22-7)17(23-8)11-15(12)14(3)20-18(21)10-13(2)19(4,5)6/h9,11,13-14H,10H2,1-8H3,(H,20,21). The van der Waals surface area contributed by atoms with Gasteiger partial charge in [0, 0.05) is 6.42 Å². The third kappa shape index (κ3) is 5.15. The Balaban J connectivity index is 2.86. The Kier molecular flexibility index (Phi) is 6.48. The van der Waals surface area contributed by atoms with Gasteiger partial charge in [-0.05, 0) is 48.4 Å². The molecule has 0 aliphatic heterocycles. The molecule has 0 aliphatic rings. The predicted octanol–water partition coefficient (Wildman–Crippen LogP) is 4.26. The van der Waals surface area contributed by atoms with E-state index in [1.54, 1.807) is 14.2 Å². The monoisotopic (exact) mass is 321 g/mol. The Morgan fingerprint density at radius 1 is 1.13 bits per heavy atom. The Morgan fingerprint density at radius 2 is 1.65 bits per heavy atom. The molecule has 130 valence electrons. The molecule has 0 radical (unpaired) electrons. The average Bonchev–Trinajstić information content (AvgIpc) is 2.45. The zero-order chi connectivity index (χ0) is 17.8. The number of hydrogen-bond acceptors (Lipinski definition) is 3. The van der Waals surface area contributed by atoms with E-state index in [9.17, 15) is 4.79 Å². The number of aryl methyl sites for hydroxylation is 1. The number of hydrogen-bond donors (Lipinski definition) is 1. The Bertz CT molecular complexity index is 546. The van der Waals surface area contributed by atoms with Gasteiger partial charge in [-0.1, -0.05) is 27.7 Å². The molecule has 0 heterocycles. The van der Waals surface area contributed by atoms with Gasteiger partial charge in [0.15, 0.2) is 11.5 Å². The van der Waals surface area contributed by atoms with Gasteiger partial charge in [-0.25, -0.2) is 0 Å². The second kappa shape index (κ2) is 7.71. The van der Waals surface area contributed by atoms with Crippen molar-refractivity contribution in [2.45, 2.75) is 54.0 Å². The van der Waals surface area contributed by atoms with Gasteiger partial charge in [0.05, 0.1) is 20.3 Å². The lowest BCUT2D eigenvalue weighted by Crippen LogP contribution is -2.31. The fraction of sp³-hybridized carbons (Fsp3) is 0.632. The summed E-state index contributed by atoms with van der Waals surface area (Å²) in [5, 5.41) is 3.09. The third-order valence-electron chi connectivity index (χ3n) is 4.59. The van der Waals surface area contributed by atoms with Gasteiger partial charge in [-0.3, -0.25) is 4.79 Å². The van der Waals surface area contributed by atoms with E-state index in [0.717, 1.165) is 11.1 Å². The van der Waals surface area contributed by atoms with Gasteiger partial charge in [0.2, 0.25) is 5.91 Å². The second-order valence-electron chi connectivity index (χ2n) is 7.32. The van der Waals surface area contributed by atoms with Gasteiger partial charge in [-0.15, -0.1) is 0 Å². The maximum atomic E-state index is 12.3. The Morgan fingerprint density at radius 3 is 2.13 bits per heavy atom. The first kappa shape index (κ1) is 19.3. The van der Waals surface area contributed by atoms with Gasteiger partial charge >= 0.3 is 0 Å². The van der Waals surface area contributed by atoms with Crippen LogP contribution >= 0.6 is 0 Å². The summed E-state index contributed by atoms with van der Waals surface area (Å²) in [4.78, 5) is 12.3. The Labute approximate surface area is 140 Å². The third-order valence-corrected chi connectivity index (χ3v) is 4.59. The van der Waals surface area contributed by atoms with Crippen LogP contribution in [0.3, 0.4) is 0 Å². The van der Waals surface area contributed by atoms with Crippen molar-refractivity contribution in [3.63, 3.8) is 0 Å². The summed E-state index contributed by atoms with van der Waals surface area (Å²) in [5.41, 5.74) is 2.23. The molecule has 23 heavy (non-hydrogen) atoms. The number of benzene rings is 1. The van der Waals surface area contributed by atoms with Crippen LogP contribution in [0.15, 0.2) is 12.1 Å². The number of rotatable bonds is 6. The summed E-state index contributed by atoms with van der Waals surface area (Å²) in [6, 6.07) is 3.80. The summed E-state index contributed by atoms with van der Waals surface area (Å²) in [5.74, 6) is 1.78. The molecular weight excluding hydrogens is 290 g/mol. The molecule has 0 spiro atoms. The molecule has 4 nitrogen and oxygen atoms in total. The van der Waals surface area contributed by atoms with Crippen LogP contribution in [0, 0.1) is 18.3 Å². The van der Waals surface area contributed by atoms with Crippen molar-refractivity contribution in [2.24, 2.45) is 11.3 Å². The largest absolute Gasteiger partial charge is 0.493 e. The van der Waals surface area contributed by atoms with Crippen molar-refractivity contribution in [1.82, 2.24) is 5.32 Å². The van der Waals surface area contributed by atoms with Crippen molar-refractivity contribution in [3.8, 4) is 11.5 Å². The summed E-state index contributed by atoms with van der Waals surface area (Å²) < 4.78 is 10.7. The van der Waals surface area contributed by atoms with E-state index in [-0.39, 0.29) is 17.4 Å². The van der Waals surface area contributed by atoms with Crippen LogP contribution < -0.4 is 14.8 Å². The summed E-state index contributed by atoms with van der Waals surface area (Å²) in [6.07, 6.45) is 0.528. The zero-order valence-electron chi connectivity index (χ0n) is 15.7. The lowest BCUT2D eigenvalue weighted by Gasteiger charge is -2.27. The topological polar surface area (TPSA) is 47.6 Å². The van der Waals surface area contributed by atoms with Gasteiger partial charge < -0.3 is 14.8 Å². The van der Waals surface area contributed by atoms with Crippen LogP contribution in [0.5, 0.6) is 11.5 Å². The number of nitrogens with one attached hydrogen (secondary N) is 1. The molecule has 1 aromatic rings. The second-order valence-corrected chi connectivity index (χ2v) is 7.32. The number of amides is 1. The van der Waals surface area contributed by atoms with E-state index in [1.807, 2.05) is 26.0 Å². The molecule has 1 amide bonds. The van der Waals surface area contributed by atoms with E-state index >= 15 is 0 Å². The van der Waals surface area contributed by atoms with E-state index in [4.69, 9.17) is 9.47 Å². The minimum atomic E-state index is -0.0746. The van der Waals surface area contributed by atoms with Gasteiger partial charge in [0.25, 0.3) is 0 Å². The van der Waals surface area contributed by atoms with Crippen molar-refractivity contribution in [2.75, 3.05) is 14.2 Å². The SMILES string of the molecule is COc1cc(C)c(C(C)NC(=O)CC(C)C(C)(C)C)cc1OC. The summed E-state index contributed by atoms with van der Waals surface area (Å²) in [7, 11) is 3.24. The molecule has 0 aromatic heterocycles. The number of methoxy groups -OCH3 is 2. The van der Waals surface area contributed by atoms with Crippen LogP contribution in [0.25, 0.3) is 0 Å². The molecule has 0 fully saturated rings. The molecule has 4 heteroatoms. The highest BCUT2D eigenvalue weighted by molar-refractivity contribution is 5.76. The highest BCUT2D eigenvalue weighted by atomic mass is 16.5. The normalized spacial score (nSPS) is 14.1. The highest BCUT2D eigenvalue weighted by Crippen LogP contribution is 2.33. The molecule has 0 bridgehead atoms. The first-order valence-corrected chi connectivity index (χ1v) is 8.12. The van der Waals surface area contributed by atoms with E-state index in [2.05, 4.69) is 33.0 Å². The van der Waals surface area contributed by atoms with Crippen LogP contribution in [0.1, 0.15) is 58.2 Å². The number of carbonyl (C=O) groups is 1. The number of carbonyl (C=O) groups excluding carboxylic acids is 1. The van der Waals surface area contributed by atoms with Crippen molar-refractivity contribution in [3.05, 3.63) is 23.3 Å². The van der Waals surface area contributed by atoms with Gasteiger partial charge in [-0.2, -0.15) is 0 Å². The molecule has 1 rings (SSSR count). The van der Waals surface area contributed by atoms with Crippen LogP contribution in [-0.4, -0.2) is 20.1 Å². The van der Waals surface area contributed by atoms with Crippen molar-refractivity contribution in [1.29, 1.82) is 0 Å². The van der Waals surface area contributed by atoms with E-state index in [0.29, 0.717) is 23.8 Å². The summed E-state index contributed by atoms with van der Waals surface area (Å²) in [6.45, 7) is 12.6. The van der Waals surface area contributed by atoms with Crippen LogP contribution in [0.4, 0.5) is 0 Å². The first-order valence-electron chi connectivity index (χ1n) is 8.12. The first-order chi connectivity index (χ1) is 10.6. The fourth-order valence-corrected chi connectivity index (χ4v) is 2.43. The molecular formula is C19H31NO3. The number of ether oxygens (including phenoxy) is 2. The van der Waals surface area contributed by atoms with Crippen LogP contribution in [0.2, 0.25) is 0 Å². The molecule has 0 saturated carbocycles. The minimum Gasteiger partial charge on any atom is -0.493 e. The summed E-state index contributed by atoms with van der Waals surface area (Å²) >= 11 is 0. The van der Waals surface area contributed by atoms with E-state index in [1.165, 1.54) is 0 Å². The predicted molar refractivity (Wildman–Crippen MR) is 94.1 cm³/mol. The highest BCUT2D eigenvalue weighted by Gasteiger charge is 2.23. The smallest absolute Gasteiger partial charge is 0.220 e. The molecule has 2 unspecified atom stereocenters. The maximum Gasteiger partial charge on any atom is 0.220 e. The quantitative estimate of drug-likeness (QED) is 0.851. The van der Waals surface area contributed by atoms with Crippen molar-refractivity contribution < 1.29 is 14.3 Å². The minimum absolute atomic E-state index is 0.0746. The average molecular weight is 321 g/mol. The van der Waals surface area contributed by atoms with Gasteiger partial charge in [0.1, 0.15) is 0 Å².